The van der Waals surface area contributed by atoms with Crippen LogP contribution in [-0.2, 0) is 6.42 Å². The minimum Gasteiger partial charge on any atom is -0.476 e. The second-order valence-corrected chi connectivity index (χ2v) is 2.77. The number of aromatic carboxylic acids is 1. The molecule has 1 aromatic heterocycles. The normalized spacial score (nSPS) is 11.5. The quantitative estimate of drug-likeness (QED) is 0.868. The lowest BCUT2D eigenvalue weighted by molar-refractivity contribution is -0.131. The largest absolute Gasteiger partial charge is 0.476 e. The fourth-order valence-electron chi connectivity index (χ4n) is 0.960. The zero-order valence-corrected chi connectivity index (χ0v) is 8.17. The Hall–Kier alpha value is -1.73. The van der Waals surface area contributed by atoms with Gasteiger partial charge in [-0.15, -0.1) is 0 Å². The summed E-state index contributed by atoms with van der Waals surface area (Å²) in [5.41, 5.74) is -0.652. The van der Waals surface area contributed by atoms with Gasteiger partial charge < -0.3 is 14.3 Å². The minimum absolute atomic E-state index is 0.0704. The van der Waals surface area contributed by atoms with Crippen molar-refractivity contribution in [3.63, 3.8) is 0 Å². The summed E-state index contributed by atoms with van der Waals surface area (Å²) >= 11 is 0. The van der Waals surface area contributed by atoms with E-state index in [0.29, 0.717) is 0 Å². The van der Waals surface area contributed by atoms with Gasteiger partial charge in [-0.3, -0.25) is 0 Å². The molecule has 1 rings (SSSR count). The van der Waals surface area contributed by atoms with Crippen LogP contribution in [0.1, 0.15) is 23.3 Å². The number of carboxylic acids is 1. The molecule has 0 saturated carbocycles. The number of hydrogen-bond donors (Lipinski definition) is 1. The molecule has 8 heteroatoms. The first kappa shape index (κ1) is 12.3. The second kappa shape index (κ2) is 4.42. The van der Waals surface area contributed by atoms with Crippen molar-refractivity contribution in [2.24, 2.45) is 0 Å². The van der Waals surface area contributed by atoms with Crippen LogP contribution < -0.4 is 4.74 Å². The maximum Gasteiger partial charge on any atom is 0.397 e. The molecule has 1 aromatic rings. The van der Waals surface area contributed by atoms with Gasteiger partial charge in [0.25, 0.3) is 0 Å². The van der Waals surface area contributed by atoms with Gasteiger partial charge in [0.2, 0.25) is 11.6 Å². The van der Waals surface area contributed by atoms with E-state index in [1.165, 1.54) is 6.92 Å². The Morgan fingerprint density at radius 3 is 2.62 bits per heavy atom. The Kier molecular flexibility index (Phi) is 3.41. The third-order valence-corrected chi connectivity index (χ3v) is 1.47. The summed E-state index contributed by atoms with van der Waals surface area (Å²) in [6.45, 7) is 1.61. The predicted octanol–water partition coefficient (Wildman–Crippen LogP) is 1.88. The number of carboxylic acid groups (broad SMARTS) is 1. The summed E-state index contributed by atoms with van der Waals surface area (Å²) in [5, 5.41) is 8.62. The average molecular weight is 239 g/mol. The standard InChI is InChI=1S/C8H8F3NO4/c1-2-15-7-5(6(13)14)12-4(16-7)3-8(9,10)11/h2-3H2,1H3,(H,13,14). The molecule has 0 aliphatic heterocycles. The topological polar surface area (TPSA) is 72.6 Å². The van der Waals surface area contributed by atoms with E-state index in [-0.39, 0.29) is 6.61 Å². The molecule has 0 bridgehead atoms. The molecule has 0 atom stereocenters. The first-order valence-electron chi connectivity index (χ1n) is 4.26. The van der Waals surface area contributed by atoms with Crippen LogP contribution in [0.2, 0.25) is 0 Å². The third kappa shape index (κ3) is 3.14. The number of hydrogen-bond acceptors (Lipinski definition) is 4. The van der Waals surface area contributed by atoms with Crippen LogP contribution in [0.5, 0.6) is 5.95 Å². The molecule has 90 valence electrons. The van der Waals surface area contributed by atoms with Gasteiger partial charge in [-0.05, 0) is 6.92 Å². The maximum atomic E-state index is 12.0. The van der Waals surface area contributed by atoms with Gasteiger partial charge in [-0.25, -0.2) is 9.78 Å². The molecule has 0 unspecified atom stereocenters. The fourth-order valence-corrected chi connectivity index (χ4v) is 0.960. The van der Waals surface area contributed by atoms with Crippen molar-refractivity contribution in [2.45, 2.75) is 19.5 Å². The number of rotatable bonds is 4. The number of aromatic nitrogens is 1. The first-order chi connectivity index (χ1) is 7.33. The molecule has 1 heterocycles. The highest BCUT2D eigenvalue weighted by Gasteiger charge is 2.32. The average Bonchev–Trinajstić information content (AvgIpc) is 2.45. The van der Waals surface area contributed by atoms with E-state index in [2.05, 4.69) is 9.40 Å². The molecule has 1 N–H and O–H groups in total. The minimum atomic E-state index is -4.51. The van der Waals surface area contributed by atoms with E-state index in [1.54, 1.807) is 0 Å². The zero-order valence-electron chi connectivity index (χ0n) is 8.17. The predicted molar refractivity (Wildman–Crippen MR) is 44.4 cm³/mol. The lowest BCUT2D eigenvalue weighted by Gasteiger charge is -2.00. The molecule has 0 spiro atoms. The Labute approximate surface area is 87.8 Å². The number of oxazole rings is 1. The summed E-state index contributed by atoms with van der Waals surface area (Å²) in [6, 6.07) is 0. The molecule has 0 fully saturated rings. The van der Waals surface area contributed by atoms with Gasteiger partial charge in [0.15, 0.2) is 0 Å². The SMILES string of the molecule is CCOc1oc(CC(F)(F)F)nc1C(=O)O. The van der Waals surface area contributed by atoms with Gasteiger partial charge >= 0.3 is 18.1 Å². The lowest BCUT2D eigenvalue weighted by atomic mass is 10.4. The lowest BCUT2D eigenvalue weighted by Crippen LogP contribution is -2.12. The third-order valence-electron chi connectivity index (χ3n) is 1.47. The van der Waals surface area contributed by atoms with Crippen molar-refractivity contribution in [1.82, 2.24) is 4.98 Å². The molecule has 0 saturated heterocycles. The Bertz CT molecular complexity index is 385. The summed E-state index contributed by atoms with van der Waals surface area (Å²) in [5.74, 6) is -2.73. The number of nitrogens with zero attached hydrogens (tertiary/aromatic N) is 1. The Morgan fingerprint density at radius 1 is 1.56 bits per heavy atom. The van der Waals surface area contributed by atoms with E-state index in [0.717, 1.165) is 0 Å². The van der Waals surface area contributed by atoms with Crippen molar-refractivity contribution in [3.8, 4) is 5.95 Å². The van der Waals surface area contributed by atoms with Crippen LogP contribution in [0.15, 0.2) is 4.42 Å². The molecular formula is C8H8F3NO4. The molecular weight excluding hydrogens is 231 g/mol. The van der Waals surface area contributed by atoms with Gasteiger partial charge in [0.1, 0.15) is 6.42 Å². The Balaban J connectivity index is 2.97. The van der Waals surface area contributed by atoms with E-state index in [4.69, 9.17) is 9.84 Å². The van der Waals surface area contributed by atoms with Gasteiger partial charge in [-0.1, -0.05) is 0 Å². The monoisotopic (exact) mass is 239 g/mol. The smallest absolute Gasteiger partial charge is 0.397 e. The molecule has 5 nitrogen and oxygen atoms in total. The van der Waals surface area contributed by atoms with Crippen LogP contribution in [0, 0.1) is 0 Å². The number of halogens is 3. The second-order valence-electron chi connectivity index (χ2n) is 2.77. The van der Waals surface area contributed by atoms with E-state index in [1.807, 2.05) is 0 Å². The van der Waals surface area contributed by atoms with E-state index < -0.39 is 36.1 Å². The summed E-state index contributed by atoms with van der Waals surface area (Å²) in [7, 11) is 0. The van der Waals surface area contributed by atoms with Crippen molar-refractivity contribution in [1.29, 1.82) is 0 Å². The Morgan fingerprint density at radius 2 is 2.19 bits per heavy atom. The highest BCUT2D eigenvalue weighted by Crippen LogP contribution is 2.26. The van der Waals surface area contributed by atoms with Crippen LogP contribution in [0.3, 0.4) is 0 Å². The molecule has 0 amide bonds. The fraction of sp³-hybridized carbons (Fsp3) is 0.500. The summed E-state index contributed by atoms with van der Waals surface area (Å²) in [4.78, 5) is 13.8. The first-order valence-corrected chi connectivity index (χ1v) is 4.26. The number of carbonyl (C=O) groups is 1. The van der Waals surface area contributed by atoms with Crippen molar-refractivity contribution in [2.75, 3.05) is 6.61 Å². The number of ether oxygens (including phenoxy) is 1. The molecule has 16 heavy (non-hydrogen) atoms. The van der Waals surface area contributed by atoms with Crippen LogP contribution in [0.4, 0.5) is 13.2 Å². The van der Waals surface area contributed by atoms with Gasteiger partial charge in [0.05, 0.1) is 6.61 Å². The molecule has 0 aliphatic carbocycles. The molecule has 0 aromatic carbocycles. The van der Waals surface area contributed by atoms with E-state index >= 15 is 0 Å². The van der Waals surface area contributed by atoms with Crippen molar-refractivity contribution < 1.29 is 32.2 Å². The van der Waals surface area contributed by atoms with Crippen molar-refractivity contribution >= 4 is 5.97 Å². The van der Waals surface area contributed by atoms with Crippen LogP contribution in [0.25, 0.3) is 0 Å². The van der Waals surface area contributed by atoms with Crippen LogP contribution in [-0.4, -0.2) is 28.8 Å². The highest BCUT2D eigenvalue weighted by atomic mass is 19.4. The van der Waals surface area contributed by atoms with Crippen molar-refractivity contribution in [3.05, 3.63) is 11.6 Å². The molecule has 0 aliphatic rings. The van der Waals surface area contributed by atoms with Gasteiger partial charge in [-0.2, -0.15) is 13.2 Å². The zero-order chi connectivity index (χ0) is 12.3. The summed E-state index contributed by atoms with van der Waals surface area (Å²) in [6.07, 6.45) is -5.94. The van der Waals surface area contributed by atoms with Crippen LogP contribution >= 0.6 is 0 Å². The maximum absolute atomic E-state index is 12.0. The number of alkyl halides is 3. The van der Waals surface area contributed by atoms with E-state index in [9.17, 15) is 18.0 Å². The molecule has 0 radical (unpaired) electrons. The summed E-state index contributed by atoms with van der Waals surface area (Å²) < 4.78 is 45.2. The highest BCUT2D eigenvalue weighted by molar-refractivity contribution is 5.87. The van der Waals surface area contributed by atoms with Gasteiger partial charge in [0, 0.05) is 0 Å².